The van der Waals surface area contributed by atoms with E-state index < -0.39 is 18.0 Å². The van der Waals surface area contributed by atoms with E-state index in [0.29, 0.717) is 5.78 Å². The number of rotatable bonds is 5. The predicted octanol–water partition coefficient (Wildman–Crippen LogP) is 2.04. The van der Waals surface area contributed by atoms with Crippen LogP contribution in [0.2, 0.25) is 0 Å². The molecule has 4 rings (SSSR count). The Bertz CT molecular complexity index is 1260. The van der Waals surface area contributed by atoms with Crippen LogP contribution in [0.3, 0.4) is 0 Å². The van der Waals surface area contributed by atoms with E-state index in [4.69, 9.17) is 6.42 Å². The van der Waals surface area contributed by atoms with Crippen molar-refractivity contribution >= 4 is 17.4 Å². The highest BCUT2D eigenvalue weighted by molar-refractivity contribution is 5.94. The van der Waals surface area contributed by atoms with E-state index in [1.54, 1.807) is 35.3 Å². The number of carbonyl (C=O) groups is 1. The predicted molar refractivity (Wildman–Crippen MR) is 100 cm³/mol. The highest BCUT2D eigenvalue weighted by Gasteiger charge is 2.19. The van der Waals surface area contributed by atoms with Crippen LogP contribution < -0.4 is 5.32 Å². The molecule has 4 aromatic rings. The first-order valence-corrected chi connectivity index (χ1v) is 8.29. The summed E-state index contributed by atoms with van der Waals surface area (Å²) >= 11 is 0. The highest BCUT2D eigenvalue weighted by atomic mass is 19.1. The second kappa shape index (κ2) is 7.06. The molecule has 4 N–H and O–H groups in total. The number of carboxylic acids is 1. The lowest BCUT2D eigenvalue weighted by molar-refractivity contribution is 0.0697. The van der Waals surface area contributed by atoms with Gasteiger partial charge in [-0.05, 0) is 18.2 Å². The van der Waals surface area contributed by atoms with Gasteiger partial charge in [0.15, 0.2) is 6.23 Å². The summed E-state index contributed by atoms with van der Waals surface area (Å²) in [5.41, 5.74) is 1.20. The molecule has 0 amide bonds. The van der Waals surface area contributed by atoms with Crippen molar-refractivity contribution in [2.45, 2.75) is 6.23 Å². The van der Waals surface area contributed by atoms with E-state index in [1.165, 1.54) is 0 Å². The van der Waals surface area contributed by atoms with Crippen LogP contribution in [0.25, 0.3) is 17.0 Å². The van der Waals surface area contributed by atoms with Crippen LogP contribution in [0, 0.1) is 18.2 Å². The van der Waals surface area contributed by atoms with Crippen molar-refractivity contribution in [1.29, 1.82) is 0 Å². The smallest absolute Gasteiger partial charge is 0.337 e. The molecule has 0 spiro atoms. The fraction of sp³-hybridized carbons (Fsp3) is 0.0526. The molecule has 0 aliphatic rings. The minimum absolute atomic E-state index is 0.0385. The summed E-state index contributed by atoms with van der Waals surface area (Å²) in [7, 11) is 0. The Morgan fingerprint density at radius 3 is 2.90 bits per heavy atom. The zero-order valence-electron chi connectivity index (χ0n) is 14.7. The van der Waals surface area contributed by atoms with Gasteiger partial charge < -0.3 is 15.5 Å². The largest absolute Gasteiger partial charge is 0.478 e. The molecule has 0 radical (unpaired) electrons. The van der Waals surface area contributed by atoms with E-state index in [-0.39, 0.29) is 22.5 Å². The van der Waals surface area contributed by atoms with Gasteiger partial charge >= 0.3 is 5.97 Å². The summed E-state index contributed by atoms with van der Waals surface area (Å²) in [6.45, 7) is 0. The standard InChI is InChI=1S/C19H13FN6O3/c1-2-10-5-15(12(18(28)29)6-13(10)20)24-17(27)14-3-4-26-16(9-21-19(26)25-14)11-7-22-23-8-11/h1,3-9,17,24,27H,(H,22,23)(H,28,29). The summed E-state index contributed by atoms with van der Waals surface area (Å²) < 4.78 is 15.5. The quantitative estimate of drug-likeness (QED) is 0.302. The third-order valence-corrected chi connectivity index (χ3v) is 4.26. The number of halogens is 1. The Balaban J connectivity index is 1.67. The molecule has 0 bridgehead atoms. The van der Waals surface area contributed by atoms with E-state index in [1.807, 2.05) is 0 Å². The Kier molecular flexibility index (Phi) is 4.42. The summed E-state index contributed by atoms with van der Waals surface area (Å²) in [5.74, 6) is 0.239. The fourth-order valence-corrected chi connectivity index (χ4v) is 2.84. The SMILES string of the molecule is C#Cc1cc(NC(O)c2ccn3c(-c4cn[nH]c4)cnc3n2)c(C(=O)O)cc1F. The first kappa shape index (κ1) is 18.1. The van der Waals surface area contributed by atoms with Crippen LogP contribution in [0.15, 0.2) is 43.0 Å². The number of benzene rings is 1. The van der Waals surface area contributed by atoms with Crippen molar-refractivity contribution in [2.75, 3.05) is 5.32 Å². The third kappa shape index (κ3) is 3.26. The molecule has 1 aromatic carbocycles. The molecule has 0 saturated carbocycles. The van der Waals surface area contributed by atoms with Gasteiger partial charge in [0.25, 0.3) is 0 Å². The monoisotopic (exact) mass is 392 g/mol. The van der Waals surface area contributed by atoms with Crippen molar-refractivity contribution in [1.82, 2.24) is 24.6 Å². The molecule has 3 aromatic heterocycles. The first-order chi connectivity index (χ1) is 14.0. The van der Waals surface area contributed by atoms with Crippen LogP contribution >= 0.6 is 0 Å². The molecule has 1 unspecified atom stereocenters. The van der Waals surface area contributed by atoms with Crippen molar-refractivity contribution in [3.63, 3.8) is 0 Å². The summed E-state index contributed by atoms with van der Waals surface area (Å²) in [4.78, 5) is 19.9. The number of terminal acetylenes is 1. The van der Waals surface area contributed by atoms with Gasteiger partial charge in [0, 0.05) is 18.0 Å². The molecule has 0 aliphatic carbocycles. The average molecular weight is 392 g/mol. The van der Waals surface area contributed by atoms with Crippen LogP contribution in [0.1, 0.15) is 27.8 Å². The summed E-state index contributed by atoms with van der Waals surface area (Å²) in [6.07, 6.45) is 10.5. The lowest BCUT2D eigenvalue weighted by atomic mass is 10.1. The van der Waals surface area contributed by atoms with Gasteiger partial charge in [0.05, 0.1) is 40.6 Å². The van der Waals surface area contributed by atoms with Gasteiger partial charge in [-0.3, -0.25) is 9.50 Å². The van der Waals surface area contributed by atoms with Gasteiger partial charge in [-0.25, -0.2) is 19.2 Å². The molecule has 10 heteroatoms. The highest BCUT2D eigenvalue weighted by Crippen LogP contribution is 2.25. The van der Waals surface area contributed by atoms with Gasteiger partial charge in [-0.1, -0.05) is 5.92 Å². The van der Waals surface area contributed by atoms with Crippen molar-refractivity contribution in [3.8, 4) is 23.6 Å². The average Bonchev–Trinajstić information content (AvgIpc) is 3.37. The molecule has 3 heterocycles. The lowest BCUT2D eigenvalue weighted by Gasteiger charge is -2.16. The maximum absolute atomic E-state index is 13.8. The summed E-state index contributed by atoms with van der Waals surface area (Å²) in [5, 5.41) is 29.0. The van der Waals surface area contributed by atoms with E-state index >= 15 is 0 Å². The zero-order valence-corrected chi connectivity index (χ0v) is 14.7. The minimum atomic E-state index is -1.39. The van der Waals surface area contributed by atoms with Crippen LogP contribution in [-0.4, -0.2) is 40.7 Å². The number of hydrogen-bond donors (Lipinski definition) is 4. The van der Waals surface area contributed by atoms with Crippen molar-refractivity contribution in [2.24, 2.45) is 0 Å². The number of fused-ring (bicyclic) bond motifs is 1. The molecular weight excluding hydrogens is 379 g/mol. The lowest BCUT2D eigenvalue weighted by Crippen LogP contribution is -2.15. The molecule has 9 nitrogen and oxygen atoms in total. The second-order valence-corrected chi connectivity index (χ2v) is 6.03. The van der Waals surface area contributed by atoms with Gasteiger partial charge in [-0.15, -0.1) is 6.42 Å². The Hall–Kier alpha value is -4.23. The molecule has 1 atom stereocenters. The molecule has 0 saturated heterocycles. The third-order valence-electron chi connectivity index (χ3n) is 4.26. The molecule has 144 valence electrons. The minimum Gasteiger partial charge on any atom is -0.478 e. The molecule has 29 heavy (non-hydrogen) atoms. The maximum atomic E-state index is 13.8. The molecular formula is C19H13FN6O3. The fourth-order valence-electron chi connectivity index (χ4n) is 2.84. The van der Waals surface area contributed by atoms with Crippen LogP contribution in [0.5, 0.6) is 0 Å². The zero-order chi connectivity index (χ0) is 20.5. The normalized spacial score (nSPS) is 11.9. The number of nitrogens with one attached hydrogen (secondary N) is 2. The number of aliphatic hydroxyl groups excluding tert-OH is 1. The second-order valence-electron chi connectivity index (χ2n) is 6.03. The summed E-state index contributed by atoms with van der Waals surface area (Å²) in [6, 6.07) is 3.49. The van der Waals surface area contributed by atoms with Crippen LogP contribution in [0.4, 0.5) is 10.1 Å². The van der Waals surface area contributed by atoms with Crippen molar-refractivity contribution in [3.05, 3.63) is 65.6 Å². The van der Waals surface area contributed by atoms with E-state index in [9.17, 15) is 19.4 Å². The van der Waals surface area contributed by atoms with Crippen LogP contribution in [-0.2, 0) is 0 Å². The van der Waals surface area contributed by atoms with Crippen molar-refractivity contribution < 1.29 is 19.4 Å². The number of carboxylic acid groups (broad SMARTS) is 1. The van der Waals surface area contributed by atoms with Gasteiger partial charge in [-0.2, -0.15) is 5.10 Å². The number of aromatic amines is 1. The van der Waals surface area contributed by atoms with E-state index in [2.05, 4.69) is 31.4 Å². The van der Waals surface area contributed by atoms with E-state index in [0.717, 1.165) is 23.4 Å². The number of imidazole rings is 1. The molecule has 0 fully saturated rings. The topological polar surface area (TPSA) is 128 Å². The number of nitrogens with zero attached hydrogens (tertiary/aromatic N) is 4. The first-order valence-electron chi connectivity index (χ1n) is 8.29. The van der Waals surface area contributed by atoms with Gasteiger partial charge in [0.2, 0.25) is 5.78 Å². The number of H-pyrrole nitrogens is 1. The number of aromatic carboxylic acids is 1. The number of hydrogen-bond acceptors (Lipinski definition) is 6. The maximum Gasteiger partial charge on any atom is 0.337 e. The Morgan fingerprint density at radius 2 is 2.21 bits per heavy atom. The molecule has 0 aliphatic heterocycles. The Morgan fingerprint density at radius 1 is 1.38 bits per heavy atom. The number of aliphatic hydroxyl groups is 1. The van der Waals surface area contributed by atoms with Gasteiger partial charge in [0.1, 0.15) is 5.82 Å². The number of aromatic nitrogens is 5. The number of anilines is 1. The Labute approximate surface area is 162 Å².